The fourth-order valence-corrected chi connectivity index (χ4v) is 2.77. The molecular weight excluding hydrogens is 268 g/mol. The number of nitro groups is 1. The number of esters is 1. The highest BCUT2D eigenvalue weighted by Crippen LogP contribution is 2.32. The van der Waals surface area contributed by atoms with Gasteiger partial charge in [-0.25, -0.2) is 0 Å². The van der Waals surface area contributed by atoms with Crippen LogP contribution in [0.3, 0.4) is 0 Å². The lowest BCUT2D eigenvalue weighted by Gasteiger charge is -2.26. The number of nitrogens with zero attached hydrogens (tertiary/aromatic N) is 2. The van der Waals surface area contributed by atoms with Gasteiger partial charge in [-0.1, -0.05) is 11.3 Å². The first-order valence-corrected chi connectivity index (χ1v) is 6.96. The highest BCUT2D eigenvalue weighted by molar-refractivity contribution is 7.13. The summed E-state index contributed by atoms with van der Waals surface area (Å²) in [7, 11) is 1.37. The van der Waals surface area contributed by atoms with Crippen molar-refractivity contribution in [3.63, 3.8) is 0 Å². The summed E-state index contributed by atoms with van der Waals surface area (Å²) in [6.07, 6.45) is 2.13. The standard InChI is InChI=1S/C12H16N2O4S/c1-8(12(15)18-2)13(10-3-4-10)6-9-5-11(14(16)17)19-7-9/h5,7-8,10H,3-4,6H2,1-2H3. The predicted octanol–water partition coefficient (Wildman–Crippen LogP) is 2.18. The zero-order valence-electron chi connectivity index (χ0n) is 10.9. The van der Waals surface area contributed by atoms with Crippen LogP contribution in [-0.4, -0.2) is 35.0 Å². The summed E-state index contributed by atoms with van der Waals surface area (Å²) < 4.78 is 4.77. The first-order chi connectivity index (χ1) is 9.02. The monoisotopic (exact) mass is 284 g/mol. The van der Waals surface area contributed by atoms with Crippen molar-refractivity contribution in [2.24, 2.45) is 0 Å². The van der Waals surface area contributed by atoms with Crippen molar-refractivity contribution in [1.82, 2.24) is 4.90 Å². The average Bonchev–Trinajstić information content (AvgIpc) is 3.12. The molecule has 104 valence electrons. The Kier molecular flexibility index (Phi) is 4.16. The largest absolute Gasteiger partial charge is 0.468 e. The van der Waals surface area contributed by atoms with Crippen LogP contribution in [-0.2, 0) is 16.1 Å². The second-order valence-corrected chi connectivity index (χ2v) is 5.54. The highest BCUT2D eigenvalue weighted by atomic mass is 32.1. The van der Waals surface area contributed by atoms with Crippen molar-refractivity contribution >= 4 is 22.3 Å². The molecule has 1 unspecified atom stereocenters. The molecule has 0 amide bonds. The zero-order valence-corrected chi connectivity index (χ0v) is 11.7. The van der Waals surface area contributed by atoms with Gasteiger partial charge in [0.05, 0.1) is 12.0 Å². The van der Waals surface area contributed by atoms with Gasteiger partial charge < -0.3 is 4.74 Å². The average molecular weight is 284 g/mol. The maximum Gasteiger partial charge on any atom is 0.324 e. The molecule has 0 saturated heterocycles. The molecule has 6 nitrogen and oxygen atoms in total. The first kappa shape index (κ1) is 14.0. The maximum atomic E-state index is 11.6. The van der Waals surface area contributed by atoms with Gasteiger partial charge in [0, 0.05) is 24.0 Å². The molecule has 1 aromatic rings. The van der Waals surface area contributed by atoms with Gasteiger partial charge in [0.15, 0.2) is 0 Å². The molecule has 1 aliphatic rings. The number of carbonyl (C=O) groups excluding carboxylic acids is 1. The van der Waals surface area contributed by atoms with Gasteiger partial charge in [0.1, 0.15) is 6.04 Å². The van der Waals surface area contributed by atoms with Crippen molar-refractivity contribution in [3.05, 3.63) is 27.1 Å². The molecule has 0 bridgehead atoms. The fraction of sp³-hybridized carbons (Fsp3) is 0.583. The Labute approximate surface area is 115 Å². The summed E-state index contributed by atoms with van der Waals surface area (Å²) >= 11 is 1.12. The van der Waals surface area contributed by atoms with Crippen LogP contribution >= 0.6 is 11.3 Å². The summed E-state index contributed by atoms with van der Waals surface area (Å²) in [5.41, 5.74) is 0.874. The Balaban J connectivity index is 2.07. The van der Waals surface area contributed by atoms with Crippen molar-refractivity contribution < 1.29 is 14.5 Å². The van der Waals surface area contributed by atoms with E-state index in [9.17, 15) is 14.9 Å². The van der Waals surface area contributed by atoms with Gasteiger partial charge in [-0.2, -0.15) is 0 Å². The third-order valence-corrected chi connectivity index (χ3v) is 4.17. The Hall–Kier alpha value is -1.47. The number of hydrogen-bond donors (Lipinski definition) is 0. The lowest BCUT2D eigenvalue weighted by molar-refractivity contribution is -0.380. The first-order valence-electron chi connectivity index (χ1n) is 6.08. The third kappa shape index (κ3) is 3.30. The molecular formula is C12H16N2O4S. The minimum Gasteiger partial charge on any atom is -0.468 e. The Morgan fingerprint density at radius 1 is 1.68 bits per heavy atom. The summed E-state index contributed by atoms with van der Waals surface area (Å²) in [5, 5.41) is 12.6. The summed E-state index contributed by atoms with van der Waals surface area (Å²) in [5.74, 6) is -0.267. The molecule has 1 aromatic heterocycles. The van der Waals surface area contributed by atoms with Gasteiger partial charge in [-0.3, -0.25) is 19.8 Å². The number of carbonyl (C=O) groups is 1. The van der Waals surface area contributed by atoms with Crippen molar-refractivity contribution in [2.75, 3.05) is 7.11 Å². The molecule has 0 spiro atoms. The molecule has 0 aromatic carbocycles. The van der Waals surface area contributed by atoms with E-state index in [1.54, 1.807) is 11.4 Å². The third-order valence-electron chi connectivity index (χ3n) is 3.24. The maximum absolute atomic E-state index is 11.6. The van der Waals surface area contributed by atoms with E-state index in [0.29, 0.717) is 12.6 Å². The van der Waals surface area contributed by atoms with Crippen LogP contribution in [0.5, 0.6) is 0 Å². The van der Waals surface area contributed by atoms with Crippen LogP contribution in [0, 0.1) is 10.1 Å². The van der Waals surface area contributed by atoms with Gasteiger partial charge in [-0.15, -0.1) is 0 Å². The molecule has 0 radical (unpaired) electrons. The number of ether oxygens (including phenoxy) is 1. The predicted molar refractivity (Wildman–Crippen MR) is 71.0 cm³/mol. The van der Waals surface area contributed by atoms with E-state index >= 15 is 0 Å². The van der Waals surface area contributed by atoms with Crippen LogP contribution in [0.2, 0.25) is 0 Å². The molecule has 1 aliphatic carbocycles. The van der Waals surface area contributed by atoms with E-state index in [1.165, 1.54) is 7.11 Å². The molecule has 19 heavy (non-hydrogen) atoms. The molecule has 1 heterocycles. The summed E-state index contributed by atoms with van der Waals surface area (Å²) in [6, 6.07) is 1.63. The molecule has 1 atom stereocenters. The van der Waals surface area contributed by atoms with E-state index in [4.69, 9.17) is 4.74 Å². The minimum absolute atomic E-state index is 0.136. The minimum atomic E-state index is -0.390. The number of thiophene rings is 1. The molecule has 2 rings (SSSR count). The van der Waals surface area contributed by atoms with E-state index in [2.05, 4.69) is 4.90 Å². The number of rotatable bonds is 6. The topological polar surface area (TPSA) is 72.7 Å². The summed E-state index contributed by atoms with van der Waals surface area (Å²) in [4.78, 5) is 23.9. The normalized spacial score (nSPS) is 16.4. The lowest BCUT2D eigenvalue weighted by Crippen LogP contribution is -2.40. The van der Waals surface area contributed by atoms with E-state index in [0.717, 1.165) is 29.7 Å². The second kappa shape index (κ2) is 5.66. The molecule has 0 aliphatic heterocycles. The highest BCUT2D eigenvalue weighted by Gasteiger charge is 2.35. The molecule has 7 heteroatoms. The van der Waals surface area contributed by atoms with Crippen LogP contribution < -0.4 is 0 Å². The quantitative estimate of drug-likeness (QED) is 0.455. The SMILES string of the molecule is COC(=O)C(C)N(Cc1csc([N+](=O)[O-])c1)C1CC1. The molecule has 1 fully saturated rings. The van der Waals surface area contributed by atoms with Crippen molar-refractivity contribution in [3.8, 4) is 0 Å². The van der Waals surface area contributed by atoms with Crippen LogP contribution in [0.4, 0.5) is 5.00 Å². The van der Waals surface area contributed by atoms with E-state index in [1.807, 2.05) is 6.92 Å². The Morgan fingerprint density at radius 2 is 2.37 bits per heavy atom. The van der Waals surface area contributed by atoms with Gasteiger partial charge in [0.2, 0.25) is 0 Å². The lowest BCUT2D eigenvalue weighted by atomic mass is 10.2. The van der Waals surface area contributed by atoms with Gasteiger partial charge >= 0.3 is 11.0 Å². The summed E-state index contributed by atoms with van der Waals surface area (Å²) in [6.45, 7) is 2.36. The van der Waals surface area contributed by atoms with Crippen molar-refractivity contribution in [2.45, 2.75) is 38.4 Å². The smallest absolute Gasteiger partial charge is 0.324 e. The molecule has 0 N–H and O–H groups in total. The fourth-order valence-electron chi connectivity index (χ4n) is 2.05. The zero-order chi connectivity index (χ0) is 14.0. The van der Waals surface area contributed by atoms with Crippen LogP contribution in [0.1, 0.15) is 25.3 Å². The second-order valence-electron chi connectivity index (χ2n) is 4.65. The number of hydrogen-bond acceptors (Lipinski definition) is 6. The molecule has 1 saturated carbocycles. The number of methoxy groups -OCH3 is 1. The van der Waals surface area contributed by atoms with Crippen molar-refractivity contribution in [1.29, 1.82) is 0 Å². The Bertz CT molecular complexity index is 484. The van der Waals surface area contributed by atoms with E-state index < -0.39 is 0 Å². The van der Waals surface area contributed by atoms with Gasteiger partial charge in [-0.05, 0) is 25.3 Å². The van der Waals surface area contributed by atoms with Crippen LogP contribution in [0.25, 0.3) is 0 Å². The Morgan fingerprint density at radius 3 is 2.84 bits per heavy atom. The van der Waals surface area contributed by atoms with Crippen LogP contribution in [0.15, 0.2) is 11.4 Å². The van der Waals surface area contributed by atoms with E-state index in [-0.39, 0.29) is 21.9 Å². The van der Waals surface area contributed by atoms with Gasteiger partial charge in [0.25, 0.3) is 0 Å².